The zero-order chi connectivity index (χ0) is 13.0. The molecule has 1 saturated carbocycles. The number of aromatic nitrogens is 1. The lowest BCUT2D eigenvalue weighted by atomic mass is 9.97. The molecular formula is C14H20N4. The van der Waals surface area contributed by atoms with Crippen molar-refractivity contribution in [1.29, 1.82) is 5.26 Å². The van der Waals surface area contributed by atoms with Crippen LogP contribution in [-0.4, -0.2) is 11.0 Å². The third-order valence-corrected chi connectivity index (χ3v) is 3.71. The summed E-state index contributed by atoms with van der Waals surface area (Å²) >= 11 is 0. The second kappa shape index (κ2) is 5.72. The van der Waals surface area contributed by atoms with Crippen LogP contribution in [-0.2, 0) is 0 Å². The first-order valence-corrected chi connectivity index (χ1v) is 6.63. The number of hydrogen-bond donors (Lipinski definition) is 2. The fourth-order valence-corrected chi connectivity index (χ4v) is 2.56. The number of nitriles is 1. The van der Waals surface area contributed by atoms with Crippen molar-refractivity contribution >= 4 is 11.5 Å². The first kappa shape index (κ1) is 12.7. The van der Waals surface area contributed by atoms with Crippen molar-refractivity contribution in [3.63, 3.8) is 0 Å². The minimum absolute atomic E-state index is 0.413. The number of nitrogens with two attached hydrogens (primary N) is 1. The lowest BCUT2D eigenvalue weighted by Gasteiger charge is -2.23. The molecule has 4 nitrogen and oxygen atoms in total. The van der Waals surface area contributed by atoms with Gasteiger partial charge in [-0.2, -0.15) is 5.26 Å². The van der Waals surface area contributed by atoms with Gasteiger partial charge in [-0.3, -0.25) is 0 Å². The molecule has 2 atom stereocenters. The van der Waals surface area contributed by atoms with Gasteiger partial charge in [0.15, 0.2) is 0 Å². The number of nitrogens with one attached hydrogen (secondary N) is 1. The van der Waals surface area contributed by atoms with E-state index >= 15 is 0 Å². The van der Waals surface area contributed by atoms with Gasteiger partial charge in [0.25, 0.3) is 0 Å². The largest absolute Gasteiger partial charge is 0.397 e. The molecule has 1 heterocycles. The molecule has 0 radical (unpaired) electrons. The van der Waals surface area contributed by atoms with Crippen molar-refractivity contribution in [2.24, 2.45) is 5.92 Å². The Labute approximate surface area is 108 Å². The minimum atomic E-state index is 0.413. The predicted octanol–water partition coefficient (Wildman–Crippen LogP) is 2.92. The van der Waals surface area contributed by atoms with Gasteiger partial charge in [0, 0.05) is 6.04 Å². The van der Waals surface area contributed by atoms with Crippen LogP contribution >= 0.6 is 0 Å². The van der Waals surface area contributed by atoms with Crippen LogP contribution in [0.15, 0.2) is 12.3 Å². The fraction of sp³-hybridized carbons (Fsp3) is 0.571. The summed E-state index contributed by atoms with van der Waals surface area (Å²) in [6.07, 6.45) is 7.86. The molecule has 1 aliphatic rings. The lowest BCUT2D eigenvalue weighted by Crippen LogP contribution is -2.27. The summed E-state index contributed by atoms with van der Waals surface area (Å²) in [6, 6.07) is 4.24. The zero-order valence-electron chi connectivity index (χ0n) is 10.8. The molecule has 0 bridgehead atoms. The van der Waals surface area contributed by atoms with E-state index in [1.807, 2.05) is 0 Å². The van der Waals surface area contributed by atoms with E-state index in [9.17, 15) is 0 Å². The highest BCUT2D eigenvalue weighted by atomic mass is 15.0. The highest BCUT2D eigenvalue weighted by molar-refractivity contribution is 5.57. The van der Waals surface area contributed by atoms with Crippen LogP contribution in [0.25, 0.3) is 0 Å². The molecule has 1 aliphatic carbocycles. The Morgan fingerprint density at radius 1 is 1.39 bits per heavy atom. The SMILES string of the molecule is CC1CCCCCC1Nc1ncc(N)cc1C#N. The molecule has 0 spiro atoms. The first-order valence-electron chi connectivity index (χ1n) is 6.63. The van der Waals surface area contributed by atoms with Crippen molar-refractivity contribution in [3.05, 3.63) is 17.8 Å². The minimum Gasteiger partial charge on any atom is -0.397 e. The maximum Gasteiger partial charge on any atom is 0.144 e. The Kier molecular flexibility index (Phi) is 4.03. The van der Waals surface area contributed by atoms with E-state index in [2.05, 4.69) is 23.3 Å². The molecule has 1 aromatic heterocycles. The highest BCUT2D eigenvalue weighted by Gasteiger charge is 2.21. The zero-order valence-corrected chi connectivity index (χ0v) is 10.8. The molecule has 1 fully saturated rings. The van der Waals surface area contributed by atoms with Gasteiger partial charge in [-0.1, -0.05) is 26.2 Å². The van der Waals surface area contributed by atoms with Crippen molar-refractivity contribution < 1.29 is 0 Å². The van der Waals surface area contributed by atoms with Crippen LogP contribution in [0, 0.1) is 17.2 Å². The summed E-state index contributed by atoms with van der Waals surface area (Å²) in [5.41, 5.74) is 6.71. The quantitative estimate of drug-likeness (QED) is 0.784. The summed E-state index contributed by atoms with van der Waals surface area (Å²) in [5.74, 6) is 1.30. The highest BCUT2D eigenvalue weighted by Crippen LogP contribution is 2.26. The summed E-state index contributed by atoms with van der Waals surface area (Å²) < 4.78 is 0. The maximum atomic E-state index is 9.11. The molecule has 3 N–H and O–H groups in total. The van der Waals surface area contributed by atoms with E-state index in [0.717, 1.165) is 6.42 Å². The molecule has 0 saturated heterocycles. The standard InChI is InChI=1S/C14H20N4/c1-10-5-3-2-4-6-13(10)18-14-11(8-15)7-12(16)9-17-14/h7,9-10,13H,2-6,16H2,1H3,(H,17,18). The molecule has 18 heavy (non-hydrogen) atoms. The number of rotatable bonds is 2. The number of nitrogens with zero attached hydrogens (tertiary/aromatic N) is 2. The average molecular weight is 244 g/mol. The smallest absolute Gasteiger partial charge is 0.144 e. The second-order valence-electron chi connectivity index (χ2n) is 5.14. The van der Waals surface area contributed by atoms with E-state index in [4.69, 9.17) is 11.0 Å². The third kappa shape index (κ3) is 2.92. The molecule has 4 heteroatoms. The van der Waals surface area contributed by atoms with Crippen LogP contribution in [0.2, 0.25) is 0 Å². The van der Waals surface area contributed by atoms with Gasteiger partial charge in [0.2, 0.25) is 0 Å². The van der Waals surface area contributed by atoms with Crippen molar-refractivity contribution in [2.45, 2.75) is 45.1 Å². The Hall–Kier alpha value is -1.76. The van der Waals surface area contributed by atoms with Crippen LogP contribution in [0.3, 0.4) is 0 Å². The Bertz CT molecular complexity index is 450. The predicted molar refractivity (Wildman–Crippen MR) is 73.0 cm³/mol. The van der Waals surface area contributed by atoms with Gasteiger partial charge in [0.1, 0.15) is 11.9 Å². The summed E-state index contributed by atoms with van der Waals surface area (Å²) in [4.78, 5) is 4.25. The molecule has 0 aliphatic heterocycles. The van der Waals surface area contributed by atoms with Crippen molar-refractivity contribution in [3.8, 4) is 6.07 Å². The van der Waals surface area contributed by atoms with Gasteiger partial charge in [-0.25, -0.2) is 4.98 Å². The molecule has 0 aromatic carbocycles. The van der Waals surface area contributed by atoms with Crippen LogP contribution in [0.5, 0.6) is 0 Å². The molecule has 1 aromatic rings. The normalized spacial score (nSPS) is 24.0. The maximum absolute atomic E-state index is 9.11. The number of hydrogen-bond acceptors (Lipinski definition) is 4. The van der Waals surface area contributed by atoms with Gasteiger partial charge in [-0.15, -0.1) is 0 Å². The number of anilines is 2. The number of pyridine rings is 1. The van der Waals surface area contributed by atoms with Gasteiger partial charge in [-0.05, 0) is 24.8 Å². The number of nitrogen functional groups attached to an aromatic ring is 1. The topological polar surface area (TPSA) is 74.7 Å². The van der Waals surface area contributed by atoms with E-state index < -0.39 is 0 Å². The first-order chi connectivity index (χ1) is 8.70. The van der Waals surface area contributed by atoms with Crippen LogP contribution in [0.1, 0.15) is 44.6 Å². The molecule has 96 valence electrons. The van der Waals surface area contributed by atoms with Crippen molar-refractivity contribution in [1.82, 2.24) is 4.98 Å². The second-order valence-corrected chi connectivity index (χ2v) is 5.14. The Balaban J connectivity index is 2.15. The Morgan fingerprint density at radius 2 is 2.17 bits per heavy atom. The molecule has 2 rings (SSSR count). The lowest BCUT2D eigenvalue weighted by molar-refractivity contribution is 0.455. The average Bonchev–Trinajstić information content (AvgIpc) is 2.57. The molecular weight excluding hydrogens is 224 g/mol. The van der Waals surface area contributed by atoms with E-state index in [-0.39, 0.29) is 0 Å². The van der Waals surface area contributed by atoms with Crippen molar-refractivity contribution in [2.75, 3.05) is 11.1 Å². The molecule has 2 unspecified atom stereocenters. The van der Waals surface area contributed by atoms with E-state index in [1.54, 1.807) is 12.3 Å². The fourth-order valence-electron chi connectivity index (χ4n) is 2.56. The van der Waals surface area contributed by atoms with E-state index in [1.165, 1.54) is 25.7 Å². The summed E-state index contributed by atoms with van der Waals surface area (Å²) in [5, 5.41) is 12.5. The summed E-state index contributed by atoms with van der Waals surface area (Å²) in [7, 11) is 0. The van der Waals surface area contributed by atoms with E-state index in [0.29, 0.717) is 29.0 Å². The van der Waals surface area contributed by atoms with Gasteiger partial charge < -0.3 is 11.1 Å². The summed E-state index contributed by atoms with van der Waals surface area (Å²) in [6.45, 7) is 2.27. The third-order valence-electron chi connectivity index (χ3n) is 3.71. The molecule has 0 amide bonds. The van der Waals surface area contributed by atoms with Crippen LogP contribution in [0.4, 0.5) is 11.5 Å². The van der Waals surface area contributed by atoms with Crippen LogP contribution < -0.4 is 11.1 Å². The Morgan fingerprint density at radius 3 is 2.94 bits per heavy atom. The van der Waals surface area contributed by atoms with Gasteiger partial charge >= 0.3 is 0 Å². The monoisotopic (exact) mass is 244 g/mol. The van der Waals surface area contributed by atoms with Gasteiger partial charge in [0.05, 0.1) is 17.4 Å².